The zero-order valence-electron chi connectivity index (χ0n) is 28.2. The molecule has 0 amide bonds. The third-order valence-corrected chi connectivity index (χ3v) is 11.4. The van der Waals surface area contributed by atoms with E-state index in [1.54, 1.807) is 0 Å². The fourth-order valence-electron chi connectivity index (χ4n) is 7.86. The molecule has 0 spiro atoms. The van der Waals surface area contributed by atoms with Crippen molar-refractivity contribution in [3.8, 4) is 22.3 Å². The van der Waals surface area contributed by atoms with E-state index in [9.17, 15) is 0 Å². The van der Waals surface area contributed by atoms with Crippen molar-refractivity contribution in [1.82, 2.24) is 0 Å². The van der Waals surface area contributed by atoms with Gasteiger partial charge in [0.15, 0.2) is 0 Å². The molecule has 0 aliphatic heterocycles. The van der Waals surface area contributed by atoms with Gasteiger partial charge in [0.05, 0.1) is 0 Å². The first kappa shape index (κ1) is 29.7. The molecule has 51 heavy (non-hydrogen) atoms. The smallest absolute Gasteiger partial charge is 0.0462 e. The van der Waals surface area contributed by atoms with E-state index in [2.05, 4.69) is 194 Å². The highest BCUT2D eigenvalue weighted by Gasteiger charge is 2.19. The molecule has 10 rings (SSSR count). The largest absolute Gasteiger partial charge is 0.311 e. The topological polar surface area (TPSA) is 3.24 Å². The van der Waals surface area contributed by atoms with Crippen LogP contribution in [0.3, 0.4) is 0 Å². The van der Waals surface area contributed by atoms with Crippen LogP contribution in [0.4, 0.5) is 17.1 Å². The lowest BCUT2D eigenvalue weighted by Crippen LogP contribution is -2.09. The third-order valence-electron chi connectivity index (χ3n) is 10.3. The summed E-state index contributed by atoms with van der Waals surface area (Å²) in [6.07, 6.45) is 0. The molecule has 2 heteroatoms. The Balaban J connectivity index is 1.22. The summed E-state index contributed by atoms with van der Waals surface area (Å²) in [6.45, 7) is 2.14. The van der Waals surface area contributed by atoms with Gasteiger partial charge in [0.25, 0.3) is 0 Å². The molecule has 0 atom stereocenters. The molecule has 10 aromatic rings. The molecule has 1 heterocycles. The number of para-hydroxylation sites is 1. The van der Waals surface area contributed by atoms with E-state index in [0.29, 0.717) is 0 Å². The van der Waals surface area contributed by atoms with Crippen molar-refractivity contribution in [2.45, 2.75) is 6.92 Å². The minimum atomic E-state index is 1.13. The lowest BCUT2D eigenvalue weighted by Gasteiger charge is -2.26. The maximum absolute atomic E-state index is 2.42. The summed E-state index contributed by atoms with van der Waals surface area (Å²) in [5.74, 6) is 0. The number of fused-ring (bicyclic) bond motifs is 6. The van der Waals surface area contributed by atoms with Crippen LogP contribution in [0.5, 0.6) is 0 Å². The molecule has 0 radical (unpaired) electrons. The highest BCUT2D eigenvalue weighted by Crippen LogP contribution is 2.47. The molecule has 0 bridgehead atoms. The van der Waals surface area contributed by atoms with Gasteiger partial charge in [-0.3, -0.25) is 0 Å². The number of hydrogen-bond donors (Lipinski definition) is 0. The third kappa shape index (κ3) is 4.99. The Kier molecular flexibility index (Phi) is 6.97. The Labute approximate surface area is 301 Å². The van der Waals surface area contributed by atoms with Gasteiger partial charge in [-0.1, -0.05) is 121 Å². The van der Waals surface area contributed by atoms with E-state index in [0.717, 1.165) is 17.1 Å². The molecule has 0 saturated carbocycles. The average Bonchev–Trinajstić information content (AvgIpc) is 3.56. The van der Waals surface area contributed by atoms with Crippen molar-refractivity contribution in [3.63, 3.8) is 0 Å². The number of rotatable bonds is 5. The van der Waals surface area contributed by atoms with Crippen LogP contribution in [-0.4, -0.2) is 0 Å². The van der Waals surface area contributed by atoms with Crippen LogP contribution in [-0.2, 0) is 0 Å². The fraction of sp³-hybridized carbons (Fsp3) is 0.0204. The SMILES string of the molecule is Cc1ccc(N(c2ccccc2)c2ccc(-c3c4ccccc4c(-c4ccc5sc6ccccc6c5c4)c4cc5ccccc5cc34)cc2)cc1. The standard InChI is InChI=1S/C49H33NS/c1-32-19-24-38(25-20-32)50(37-13-3-2-4-14-37)39-26-21-33(22-27-39)48-41-16-7-8-17-42(41)49(45-30-35-12-6-5-11-34(35)29-44(45)48)36-23-28-47-43(31-36)40-15-9-10-18-46(40)51-47/h2-31H,1H3. The summed E-state index contributed by atoms with van der Waals surface area (Å²) in [5, 5.41) is 10.2. The highest BCUT2D eigenvalue weighted by atomic mass is 32.1. The molecule has 0 aliphatic carbocycles. The van der Waals surface area contributed by atoms with Gasteiger partial charge in [-0.2, -0.15) is 0 Å². The van der Waals surface area contributed by atoms with Crippen LogP contribution in [0.2, 0.25) is 0 Å². The number of thiophene rings is 1. The number of anilines is 3. The van der Waals surface area contributed by atoms with Gasteiger partial charge in [-0.05, 0) is 128 Å². The Morgan fingerprint density at radius 3 is 1.51 bits per heavy atom. The maximum atomic E-state index is 2.42. The minimum absolute atomic E-state index is 1.13. The second-order valence-electron chi connectivity index (χ2n) is 13.4. The van der Waals surface area contributed by atoms with Gasteiger partial charge in [0.2, 0.25) is 0 Å². The molecule has 0 unspecified atom stereocenters. The number of nitrogens with zero attached hydrogens (tertiary/aromatic N) is 1. The molecule has 0 N–H and O–H groups in total. The van der Waals surface area contributed by atoms with E-state index in [4.69, 9.17) is 0 Å². The average molecular weight is 668 g/mol. The summed E-state index contributed by atoms with van der Waals surface area (Å²) < 4.78 is 2.66. The minimum Gasteiger partial charge on any atom is -0.311 e. The zero-order valence-corrected chi connectivity index (χ0v) is 29.0. The van der Waals surface area contributed by atoms with Crippen molar-refractivity contribution < 1.29 is 0 Å². The van der Waals surface area contributed by atoms with Gasteiger partial charge in [-0.15, -0.1) is 11.3 Å². The second-order valence-corrected chi connectivity index (χ2v) is 14.5. The first-order valence-corrected chi connectivity index (χ1v) is 18.3. The van der Waals surface area contributed by atoms with Gasteiger partial charge < -0.3 is 4.90 Å². The fourth-order valence-corrected chi connectivity index (χ4v) is 8.95. The number of benzene rings is 9. The van der Waals surface area contributed by atoms with Crippen molar-refractivity contribution in [3.05, 3.63) is 188 Å². The molecular weight excluding hydrogens is 635 g/mol. The van der Waals surface area contributed by atoms with Crippen LogP contribution in [0.25, 0.3) is 74.7 Å². The Morgan fingerprint density at radius 1 is 0.353 bits per heavy atom. The van der Waals surface area contributed by atoms with Crippen molar-refractivity contribution in [2.75, 3.05) is 4.90 Å². The van der Waals surface area contributed by atoms with Crippen LogP contribution in [0.1, 0.15) is 5.56 Å². The molecule has 1 aromatic heterocycles. The van der Waals surface area contributed by atoms with E-state index >= 15 is 0 Å². The van der Waals surface area contributed by atoms with Crippen LogP contribution < -0.4 is 4.90 Å². The molecule has 240 valence electrons. The van der Waals surface area contributed by atoms with E-state index in [-0.39, 0.29) is 0 Å². The van der Waals surface area contributed by atoms with Gasteiger partial charge in [0.1, 0.15) is 0 Å². The normalized spacial score (nSPS) is 11.6. The molecule has 0 aliphatic rings. The summed E-state index contributed by atoms with van der Waals surface area (Å²) in [5.41, 5.74) is 9.67. The van der Waals surface area contributed by atoms with Gasteiger partial charge in [0, 0.05) is 37.2 Å². The van der Waals surface area contributed by atoms with E-state index in [1.165, 1.54) is 80.3 Å². The summed E-state index contributed by atoms with van der Waals surface area (Å²) in [4.78, 5) is 2.33. The monoisotopic (exact) mass is 667 g/mol. The lowest BCUT2D eigenvalue weighted by molar-refractivity contribution is 1.28. The lowest BCUT2D eigenvalue weighted by atomic mass is 9.84. The van der Waals surface area contributed by atoms with Crippen molar-refractivity contribution in [2.24, 2.45) is 0 Å². The van der Waals surface area contributed by atoms with E-state index < -0.39 is 0 Å². The predicted molar refractivity (Wildman–Crippen MR) is 222 cm³/mol. The highest BCUT2D eigenvalue weighted by molar-refractivity contribution is 7.25. The first-order chi connectivity index (χ1) is 25.2. The Morgan fingerprint density at radius 2 is 0.843 bits per heavy atom. The van der Waals surface area contributed by atoms with Crippen molar-refractivity contribution >= 4 is 80.9 Å². The maximum Gasteiger partial charge on any atom is 0.0462 e. The van der Waals surface area contributed by atoms with Gasteiger partial charge in [-0.25, -0.2) is 0 Å². The quantitative estimate of drug-likeness (QED) is 0.165. The Hall–Kier alpha value is -6.22. The Bertz CT molecular complexity index is 2900. The zero-order chi connectivity index (χ0) is 33.9. The number of aryl methyl sites for hydroxylation is 1. The number of hydrogen-bond acceptors (Lipinski definition) is 2. The molecule has 9 aromatic carbocycles. The molecule has 0 fully saturated rings. The van der Waals surface area contributed by atoms with Crippen molar-refractivity contribution in [1.29, 1.82) is 0 Å². The van der Waals surface area contributed by atoms with Crippen LogP contribution >= 0.6 is 11.3 Å². The summed E-state index contributed by atoms with van der Waals surface area (Å²) in [6, 6.07) is 67.0. The van der Waals surface area contributed by atoms with Gasteiger partial charge >= 0.3 is 0 Å². The predicted octanol–water partition coefficient (Wildman–Crippen LogP) is 14.6. The van der Waals surface area contributed by atoms with E-state index in [1.807, 2.05) is 11.3 Å². The summed E-state index contributed by atoms with van der Waals surface area (Å²) >= 11 is 1.87. The summed E-state index contributed by atoms with van der Waals surface area (Å²) in [7, 11) is 0. The molecular formula is C49H33NS. The molecule has 0 saturated heterocycles. The first-order valence-electron chi connectivity index (χ1n) is 17.5. The molecule has 1 nitrogen and oxygen atoms in total. The van der Waals surface area contributed by atoms with Crippen LogP contribution in [0, 0.1) is 6.92 Å². The van der Waals surface area contributed by atoms with Crippen LogP contribution in [0.15, 0.2) is 182 Å². The second kappa shape index (κ2) is 12.0.